The Kier molecular flexibility index (Phi) is 4.89. The van der Waals surface area contributed by atoms with Crippen LogP contribution >= 0.6 is 11.8 Å². The maximum absolute atomic E-state index is 13.2. The van der Waals surface area contributed by atoms with E-state index in [-0.39, 0.29) is 10.8 Å². The Hall–Kier alpha value is -1.63. The van der Waals surface area contributed by atoms with Gasteiger partial charge in [0.1, 0.15) is 11.1 Å². The Bertz CT molecular complexity index is 428. The number of carboxylic acid groups (broad SMARTS) is 1. The largest absolute Gasteiger partial charge is 0.480 e. The first-order valence-corrected chi connectivity index (χ1v) is 5.72. The lowest BCUT2D eigenvalue weighted by Gasteiger charge is -2.12. The van der Waals surface area contributed by atoms with E-state index in [0.29, 0.717) is 0 Å². The molecule has 0 aliphatic carbocycles. The van der Waals surface area contributed by atoms with Crippen LogP contribution in [0.15, 0.2) is 23.4 Å². The summed E-state index contributed by atoms with van der Waals surface area (Å²) >= 11 is 0.944. The van der Waals surface area contributed by atoms with Gasteiger partial charge < -0.3 is 10.4 Å². The number of aromatic nitrogens is 1. The summed E-state index contributed by atoms with van der Waals surface area (Å²) in [5.74, 6) is -2.10. The molecule has 17 heavy (non-hydrogen) atoms. The second kappa shape index (κ2) is 6.19. The van der Waals surface area contributed by atoms with Gasteiger partial charge in [0.15, 0.2) is 5.82 Å². The topological polar surface area (TPSA) is 79.3 Å². The molecule has 0 aromatic carbocycles. The zero-order valence-electron chi connectivity index (χ0n) is 9.01. The number of aliphatic carboxylic acids is 1. The highest BCUT2D eigenvalue weighted by Crippen LogP contribution is 2.19. The molecule has 0 saturated carbocycles. The van der Waals surface area contributed by atoms with Crippen LogP contribution in [-0.2, 0) is 9.59 Å². The summed E-state index contributed by atoms with van der Waals surface area (Å²) in [6.07, 6.45) is 1.42. The molecule has 0 saturated heterocycles. The van der Waals surface area contributed by atoms with Gasteiger partial charge >= 0.3 is 5.97 Å². The van der Waals surface area contributed by atoms with E-state index < -0.39 is 23.7 Å². The molecule has 2 N–H and O–H groups in total. The molecule has 5 nitrogen and oxygen atoms in total. The third-order valence-corrected chi connectivity index (χ3v) is 2.86. The lowest BCUT2D eigenvalue weighted by atomic mass is 10.3. The van der Waals surface area contributed by atoms with Crippen LogP contribution in [0.3, 0.4) is 0 Å². The number of hydrogen-bond donors (Lipinski definition) is 2. The lowest BCUT2D eigenvalue weighted by molar-refractivity contribution is -0.140. The number of carbonyl (C=O) groups excluding carboxylic acids is 1. The zero-order chi connectivity index (χ0) is 12.8. The van der Waals surface area contributed by atoms with Crippen LogP contribution in [0.4, 0.5) is 4.39 Å². The van der Waals surface area contributed by atoms with Crippen LogP contribution < -0.4 is 5.32 Å². The number of nitrogens with zero attached hydrogens (tertiary/aromatic N) is 1. The number of pyridine rings is 1. The van der Waals surface area contributed by atoms with Crippen LogP contribution in [0.5, 0.6) is 0 Å². The second-order valence-corrected chi connectivity index (χ2v) is 4.20. The average Bonchev–Trinajstić information content (AvgIpc) is 2.25. The van der Waals surface area contributed by atoms with Gasteiger partial charge in [0.2, 0.25) is 5.91 Å². The van der Waals surface area contributed by atoms with Gasteiger partial charge in [-0.1, -0.05) is 0 Å². The molecule has 1 aromatic rings. The molecule has 1 atom stereocenters. The molecule has 1 rings (SSSR count). The molecule has 1 aromatic heterocycles. The highest BCUT2D eigenvalue weighted by molar-refractivity contribution is 7.99. The normalized spacial score (nSPS) is 11.9. The molecule has 0 aliphatic rings. The molecule has 1 heterocycles. The molecule has 0 fully saturated rings. The van der Waals surface area contributed by atoms with Gasteiger partial charge in [-0.3, -0.25) is 4.79 Å². The minimum absolute atomic E-state index is 0.0167. The summed E-state index contributed by atoms with van der Waals surface area (Å²) in [5, 5.41) is 11.2. The van der Waals surface area contributed by atoms with Crippen LogP contribution in [0.2, 0.25) is 0 Å². The number of rotatable bonds is 5. The van der Waals surface area contributed by atoms with Gasteiger partial charge in [0.05, 0.1) is 0 Å². The van der Waals surface area contributed by atoms with Gasteiger partial charge in [-0.15, -0.1) is 11.8 Å². The Morgan fingerprint density at radius 2 is 2.35 bits per heavy atom. The van der Waals surface area contributed by atoms with Gasteiger partial charge in [0, 0.05) is 18.9 Å². The summed E-state index contributed by atoms with van der Waals surface area (Å²) in [6.45, 7) is 1.22. The SMILES string of the molecule is CC(=O)N[C@@H](CSc1ncccc1F)C(=O)O. The zero-order valence-corrected chi connectivity index (χ0v) is 9.83. The predicted octanol–water partition coefficient (Wildman–Crippen LogP) is 0.902. The fraction of sp³-hybridized carbons (Fsp3) is 0.300. The first kappa shape index (κ1) is 13.4. The minimum Gasteiger partial charge on any atom is -0.480 e. The van der Waals surface area contributed by atoms with E-state index in [4.69, 9.17) is 5.11 Å². The molecule has 7 heteroatoms. The van der Waals surface area contributed by atoms with Crippen molar-refractivity contribution >= 4 is 23.6 Å². The fourth-order valence-corrected chi connectivity index (χ4v) is 1.95. The number of carbonyl (C=O) groups is 2. The van der Waals surface area contributed by atoms with Gasteiger partial charge in [-0.25, -0.2) is 14.2 Å². The van der Waals surface area contributed by atoms with Crippen molar-refractivity contribution in [3.05, 3.63) is 24.1 Å². The molecule has 0 bridgehead atoms. The predicted molar refractivity (Wildman–Crippen MR) is 60.2 cm³/mol. The maximum atomic E-state index is 13.2. The second-order valence-electron chi connectivity index (χ2n) is 3.19. The molecule has 0 aliphatic heterocycles. The number of halogens is 1. The van der Waals surface area contributed by atoms with Crippen molar-refractivity contribution in [2.75, 3.05) is 5.75 Å². The monoisotopic (exact) mass is 258 g/mol. The van der Waals surface area contributed by atoms with Crippen molar-refractivity contribution < 1.29 is 19.1 Å². The Morgan fingerprint density at radius 1 is 1.65 bits per heavy atom. The lowest BCUT2D eigenvalue weighted by Crippen LogP contribution is -2.41. The maximum Gasteiger partial charge on any atom is 0.327 e. The van der Waals surface area contributed by atoms with Crippen molar-refractivity contribution in [1.82, 2.24) is 10.3 Å². The average molecular weight is 258 g/mol. The van der Waals surface area contributed by atoms with Crippen molar-refractivity contribution in [3.8, 4) is 0 Å². The molecular formula is C10H11FN2O3S. The van der Waals surface area contributed by atoms with Crippen molar-refractivity contribution in [3.63, 3.8) is 0 Å². The summed E-state index contributed by atoms with van der Waals surface area (Å²) in [7, 11) is 0. The van der Waals surface area contributed by atoms with E-state index in [1.54, 1.807) is 0 Å². The molecule has 0 unspecified atom stereocenters. The van der Waals surface area contributed by atoms with Crippen LogP contribution in [0, 0.1) is 5.82 Å². The summed E-state index contributed by atoms with van der Waals surface area (Å²) in [4.78, 5) is 25.3. The molecule has 0 spiro atoms. The van der Waals surface area contributed by atoms with E-state index in [1.165, 1.54) is 25.3 Å². The van der Waals surface area contributed by atoms with E-state index in [0.717, 1.165) is 11.8 Å². The van der Waals surface area contributed by atoms with Gasteiger partial charge in [-0.05, 0) is 12.1 Å². The highest BCUT2D eigenvalue weighted by Gasteiger charge is 2.19. The van der Waals surface area contributed by atoms with E-state index in [1.807, 2.05) is 0 Å². The van der Waals surface area contributed by atoms with E-state index in [9.17, 15) is 14.0 Å². The van der Waals surface area contributed by atoms with Crippen LogP contribution in [0.1, 0.15) is 6.92 Å². The van der Waals surface area contributed by atoms with Crippen LogP contribution in [0.25, 0.3) is 0 Å². The van der Waals surface area contributed by atoms with E-state index >= 15 is 0 Å². The summed E-state index contributed by atoms with van der Waals surface area (Å²) in [5.41, 5.74) is 0. The Balaban J connectivity index is 2.61. The van der Waals surface area contributed by atoms with Crippen molar-refractivity contribution in [1.29, 1.82) is 0 Å². The number of amides is 1. The minimum atomic E-state index is -1.16. The van der Waals surface area contributed by atoms with Gasteiger partial charge in [0.25, 0.3) is 0 Å². The van der Waals surface area contributed by atoms with Crippen LogP contribution in [-0.4, -0.2) is 33.8 Å². The Morgan fingerprint density at radius 3 is 2.88 bits per heavy atom. The number of hydrogen-bond acceptors (Lipinski definition) is 4. The molecular weight excluding hydrogens is 247 g/mol. The third kappa shape index (κ3) is 4.39. The van der Waals surface area contributed by atoms with Crippen molar-refractivity contribution in [2.45, 2.75) is 18.0 Å². The first-order chi connectivity index (χ1) is 8.00. The van der Waals surface area contributed by atoms with Crippen molar-refractivity contribution in [2.24, 2.45) is 0 Å². The summed E-state index contributed by atoms with van der Waals surface area (Å²) in [6, 6.07) is 1.63. The van der Waals surface area contributed by atoms with E-state index in [2.05, 4.69) is 10.3 Å². The third-order valence-electron chi connectivity index (χ3n) is 1.79. The van der Waals surface area contributed by atoms with Gasteiger partial charge in [-0.2, -0.15) is 0 Å². The first-order valence-electron chi connectivity index (χ1n) is 4.74. The number of carboxylic acids is 1. The molecule has 92 valence electrons. The number of thioether (sulfide) groups is 1. The molecule has 1 amide bonds. The quantitative estimate of drug-likeness (QED) is 0.767. The fourth-order valence-electron chi connectivity index (χ4n) is 1.06. The summed E-state index contributed by atoms with van der Waals surface area (Å²) < 4.78 is 13.2. The standard InChI is InChI=1S/C10H11FN2O3S/c1-6(14)13-8(10(15)16)5-17-9-7(11)3-2-4-12-9/h2-4,8H,5H2,1H3,(H,13,14)(H,15,16)/t8-/m0/s1. The molecule has 0 radical (unpaired) electrons. The highest BCUT2D eigenvalue weighted by atomic mass is 32.2. The smallest absolute Gasteiger partial charge is 0.327 e. The number of nitrogens with one attached hydrogen (secondary N) is 1. The Labute approximate surface area is 101 Å².